The smallest absolute Gasteiger partial charge is 0.161 e. The maximum absolute atomic E-state index is 5.94. The molecule has 0 bridgehead atoms. The van der Waals surface area contributed by atoms with E-state index in [1.807, 2.05) is 24.3 Å². The van der Waals surface area contributed by atoms with Gasteiger partial charge in [-0.2, -0.15) is 0 Å². The second kappa shape index (κ2) is 7.17. The Morgan fingerprint density at radius 1 is 1.24 bits per heavy atom. The van der Waals surface area contributed by atoms with Gasteiger partial charge in [-0.1, -0.05) is 32.9 Å². The Hall–Kier alpha value is -1.22. The first kappa shape index (κ1) is 16.2. The Labute approximate surface area is 129 Å². The fourth-order valence-electron chi connectivity index (χ4n) is 2.38. The van der Waals surface area contributed by atoms with Gasteiger partial charge in [0.15, 0.2) is 11.5 Å². The zero-order valence-corrected chi connectivity index (χ0v) is 13.8. The summed E-state index contributed by atoms with van der Waals surface area (Å²) in [5.74, 6) is 2.27. The van der Waals surface area contributed by atoms with Crippen molar-refractivity contribution in [3.63, 3.8) is 0 Å². The maximum Gasteiger partial charge on any atom is 0.161 e. The minimum atomic E-state index is 0.268. The summed E-state index contributed by atoms with van der Waals surface area (Å²) in [5, 5.41) is 3.67. The summed E-state index contributed by atoms with van der Waals surface area (Å²) < 4.78 is 11.3. The molecule has 0 saturated heterocycles. The molecule has 118 valence electrons. The molecule has 21 heavy (non-hydrogen) atoms. The van der Waals surface area contributed by atoms with E-state index in [4.69, 9.17) is 9.47 Å². The third kappa shape index (κ3) is 4.63. The minimum Gasteiger partial charge on any atom is -0.493 e. The van der Waals surface area contributed by atoms with Crippen LogP contribution in [0.15, 0.2) is 24.3 Å². The van der Waals surface area contributed by atoms with Crippen LogP contribution in [0.5, 0.6) is 11.5 Å². The van der Waals surface area contributed by atoms with Crippen LogP contribution in [0.3, 0.4) is 0 Å². The molecule has 3 nitrogen and oxygen atoms in total. The number of hydrogen-bond donors (Lipinski definition) is 1. The van der Waals surface area contributed by atoms with Gasteiger partial charge in [0.2, 0.25) is 0 Å². The second-order valence-electron chi connectivity index (χ2n) is 6.71. The lowest BCUT2D eigenvalue weighted by Crippen LogP contribution is -2.38. The van der Waals surface area contributed by atoms with Gasteiger partial charge in [0.1, 0.15) is 0 Å². The molecule has 1 atom stereocenters. The summed E-state index contributed by atoms with van der Waals surface area (Å²) in [6, 6.07) is 8.61. The summed E-state index contributed by atoms with van der Waals surface area (Å²) >= 11 is 0. The zero-order valence-electron chi connectivity index (χ0n) is 13.8. The lowest BCUT2D eigenvalue weighted by molar-refractivity contribution is 0.148. The molecular formula is C18H29NO2. The summed E-state index contributed by atoms with van der Waals surface area (Å²) in [7, 11) is 1.68. The summed E-state index contributed by atoms with van der Waals surface area (Å²) in [6.07, 6.45) is 3.72. The monoisotopic (exact) mass is 291 g/mol. The molecule has 1 N–H and O–H groups in total. The third-order valence-corrected chi connectivity index (χ3v) is 4.77. The highest BCUT2D eigenvalue weighted by Gasteiger charge is 2.31. The third-order valence-electron chi connectivity index (χ3n) is 4.77. The van der Waals surface area contributed by atoms with Crippen molar-refractivity contribution in [1.82, 2.24) is 5.32 Å². The first-order chi connectivity index (χ1) is 10.0. The Bertz CT molecular complexity index is 443. The predicted octanol–water partition coefficient (Wildman–Crippen LogP) is 3.88. The van der Waals surface area contributed by atoms with Crippen LogP contribution in [0.4, 0.5) is 0 Å². The van der Waals surface area contributed by atoms with E-state index in [0.29, 0.717) is 5.92 Å². The van der Waals surface area contributed by atoms with Crippen molar-refractivity contribution in [3.05, 3.63) is 24.3 Å². The van der Waals surface area contributed by atoms with Crippen molar-refractivity contribution in [2.75, 3.05) is 20.3 Å². The molecule has 0 heterocycles. The van der Waals surface area contributed by atoms with Crippen LogP contribution in [-0.2, 0) is 0 Å². The van der Waals surface area contributed by atoms with Crippen LogP contribution in [0.2, 0.25) is 0 Å². The van der Waals surface area contributed by atoms with E-state index < -0.39 is 0 Å². The Morgan fingerprint density at radius 3 is 2.48 bits per heavy atom. The molecule has 1 aliphatic rings. The van der Waals surface area contributed by atoms with Crippen LogP contribution in [0, 0.1) is 11.3 Å². The van der Waals surface area contributed by atoms with E-state index in [2.05, 4.69) is 26.1 Å². The maximum atomic E-state index is 5.94. The topological polar surface area (TPSA) is 30.5 Å². The average molecular weight is 291 g/mol. The van der Waals surface area contributed by atoms with Gasteiger partial charge in [0, 0.05) is 12.6 Å². The first-order valence-electron chi connectivity index (χ1n) is 8.04. The number of benzene rings is 1. The molecule has 0 aromatic heterocycles. The van der Waals surface area contributed by atoms with Crippen molar-refractivity contribution in [2.24, 2.45) is 11.3 Å². The van der Waals surface area contributed by atoms with Crippen LogP contribution >= 0.6 is 0 Å². The standard InChI is InChI=1S/C18H29NO2/c1-14(2)18(3,13-19-15-9-10-15)11-12-21-17-8-6-5-7-16(17)20-4/h5-8,14-15,19H,9-13H2,1-4H3. The van der Waals surface area contributed by atoms with Crippen molar-refractivity contribution in [2.45, 2.75) is 46.1 Å². The van der Waals surface area contributed by atoms with Gasteiger partial charge in [-0.05, 0) is 42.7 Å². The van der Waals surface area contributed by atoms with Gasteiger partial charge in [0.05, 0.1) is 13.7 Å². The molecule has 0 spiro atoms. The number of para-hydroxylation sites is 2. The number of methoxy groups -OCH3 is 1. The molecule has 1 aromatic carbocycles. The van der Waals surface area contributed by atoms with Crippen LogP contribution in [0.25, 0.3) is 0 Å². The van der Waals surface area contributed by atoms with Gasteiger partial charge < -0.3 is 14.8 Å². The van der Waals surface area contributed by atoms with E-state index in [0.717, 1.165) is 37.1 Å². The predicted molar refractivity (Wildman–Crippen MR) is 87.1 cm³/mol. The van der Waals surface area contributed by atoms with E-state index in [1.165, 1.54) is 12.8 Å². The Kier molecular flexibility index (Phi) is 5.51. The highest BCUT2D eigenvalue weighted by atomic mass is 16.5. The highest BCUT2D eigenvalue weighted by Crippen LogP contribution is 2.33. The molecule has 0 aliphatic heterocycles. The van der Waals surface area contributed by atoms with Gasteiger partial charge in [-0.15, -0.1) is 0 Å². The number of ether oxygens (including phenoxy) is 2. The van der Waals surface area contributed by atoms with Crippen molar-refractivity contribution in [1.29, 1.82) is 0 Å². The lowest BCUT2D eigenvalue weighted by Gasteiger charge is -2.34. The van der Waals surface area contributed by atoms with Crippen LogP contribution < -0.4 is 14.8 Å². The molecule has 0 radical (unpaired) electrons. The normalized spacial score (nSPS) is 17.6. The van der Waals surface area contributed by atoms with Gasteiger partial charge in [-0.3, -0.25) is 0 Å². The zero-order chi connectivity index (χ0) is 15.3. The quantitative estimate of drug-likeness (QED) is 0.749. The Balaban J connectivity index is 1.86. The fourth-order valence-corrected chi connectivity index (χ4v) is 2.38. The second-order valence-corrected chi connectivity index (χ2v) is 6.71. The molecule has 1 aromatic rings. The van der Waals surface area contributed by atoms with Gasteiger partial charge >= 0.3 is 0 Å². The van der Waals surface area contributed by atoms with Crippen molar-refractivity contribution in [3.8, 4) is 11.5 Å². The highest BCUT2D eigenvalue weighted by molar-refractivity contribution is 5.39. The largest absolute Gasteiger partial charge is 0.493 e. The molecule has 1 aliphatic carbocycles. The average Bonchev–Trinajstić information content (AvgIpc) is 3.30. The van der Waals surface area contributed by atoms with E-state index in [-0.39, 0.29) is 5.41 Å². The minimum absolute atomic E-state index is 0.268. The fraction of sp³-hybridized carbons (Fsp3) is 0.667. The summed E-state index contributed by atoms with van der Waals surface area (Å²) in [4.78, 5) is 0. The van der Waals surface area contributed by atoms with Crippen LogP contribution in [-0.4, -0.2) is 26.3 Å². The number of rotatable bonds is 9. The Morgan fingerprint density at radius 2 is 1.90 bits per heavy atom. The molecule has 2 rings (SSSR count). The first-order valence-corrected chi connectivity index (χ1v) is 8.04. The van der Waals surface area contributed by atoms with Crippen LogP contribution in [0.1, 0.15) is 40.0 Å². The summed E-state index contributed by atoms with van der Waals surface area (Å²) in [5.41, 5.74) is 0.268. The number of hydrogen-bond acceptors (Lipinski definition) is 3. The SMILES string of the molecule is COc1ccccc1OCCC(C)(CNC1CC1)C(C)C. The van der Waals surface area contributed by atoms with Gasteiger partial charge in [0.25, 0.3) is 0 Å². The molecular weight excluding hydrogens is 262 g/mol. The summed E-state index contributed by atoms with van der Waals surface area (Å²) in [6.45, 7) is 8.76. The molecule has 3 heteroatoms. The molecule has 1 fully saturated rings. The number of nitrogens with one attached hydrogen (secondary N) is 1. The van der Waals surface area contributed by atoms with E-state index in [1.54, 1.807) is 7.11 Å². The van der Waals surface area contributed by atoms with Crippen molar-refractivity contribution >= 4 is 0 Å². The van der Waals surface area contributed by atoms with Crippen molar-refractivity contribution < 1.29 is 9.47 Å². The lowest BCUT2D eigenvalue weighted by atomic mass is 9.76. The van der Waals surface area contributed by atoms with E-state index in [9.17, 15) is 0 Å². The molecule has 1 unspecified atom stereocenters. The molecule has 1 saturated carbocycles. The molecule has 0 amide bonds. The van der Waals surface area contributed by atoms with Gasteiger partial charge in [-0.25, -0.2) is 0 Å². The van der Waals surface area contributed by atoms with E-state index >= 15 is 0 Å².